The van der Waals surface area contributed by atoms with E-state index in [0.29, 0.717) is 18.0 Å². The molecule has 3 heterocycles. The van der Waals surface area contributed by atoms with E-state index in [2.05, 4.69) is 14.7 Å². The van der Waals surface area contributed by atoms with E-state index in [4.69, 9.17) is 0 Å². The maximum Gasteiger partial charge on any atom is 0.339 e. The molecule has 9 nitrogen and oxygen atoms in total. The summed E-state index contributed by atoms with van der Waals surface area (Å²) in [7, 11) is -2.25. The van der Waals surface area contributed by atoms with Crippen molar-refractivity contribution in [3.63, 3.8) is 0 Å². The number of ether oxygens (including phenoxy) is 1. The van der Waals surface area contributed by atoms with E-state index in [1.165, 1.54) is 36.0 Å². The molecule has 0 bridgehead atoms. The fraction of sp³-hybridized carbons (Fsp3) is 0.458. The molecule has 0 aliphatic heterocycles. The van der Waals surface area contributed by atoms with Crippen LogP contribution in [0.1, 0.15) is 60.6 Å². The molecule has 35 heavy (non-hydrogen) atoms. The predicted molar refractivity (Wildman–Crippen MR) is 132 cm³/mol. The highest BCUT2D eigenvalue weighted by Gasteiger charge is 2.29. The second-order valence-corrected chi connectivity index (χ2v) is 11.8. The third-order valence-electron chi connectivity index (χ3n) is 6.46. The Hall–Kier alpha value is -2.92. The van der Waals surface area contributed by atoms with Crippen LogP contribution < -0.4 is 5.56 Å². The number of hydrogen-bond donors (Lipinski definition) is 0. The molecule has 0 spiro atoms. The van der Waals surface area contributed by atoms with Crippen molar-refractivity contribution in [2.45, 2.75) is 55.9 Å². The number of hydrogen-bond acceptors (Lipinski definition) is 9. The molecule has 1 saturated carbocycles. The molecule has 1 aliphatic carbocycles. The van der Waals surface area contributed by atoms with Crippen molar-refractivity contribution in [1.82, 2.24) is 14.5 Å². The Balaban J connectivity index is 1.68. The van der Waals surface area contributed by atoms with Gasteiger partial charge in [0, 0.05) is 23.5 Å². The molecule has 0 saturated heterocycles. The molecule has 0 aromatic carbocycles. The topological polar surface area (TPSA) is 125 Å². The zero-order valence-electron chi connectivity index (χ0n) is 19.6. The van der Waals surface area contributed by atoms with Crippen LogP contribution in [0.25, 0.3) is 10.2 Å². The number of carbonyl (C=O) groups excluding carboxylic acids is 2. The average Bonchev–Trinajstić information content (AvgIpc) is 3.29. The summed E-state index contributed by atoms with van der Waals surface area (Å²) < 4.78 is 30.4. The first-order valence-electron chi connectivity index (χ1n) is 11.4. The molecule has 186 valence electrons. The SMILES string of the molecule is COC(=O)c1ccc(CC(=O)C(CC2CCCCC2)n2cnc3c(S(C)(=O)=O)csc3c2=O)nc1. The fourth-order valence-corrected chi connectivity index (χ4v) is 6.82. The summed E-state index contributed by atoms with van der Waals surface area (Å²) in [6, 6.07) is 2.41. The molecule has 1 atom stereocenters. The lowest BCUT2D eigenvalue weighted by molar-refractivity contribution is -0.122. The summed E-state index contributed by atoms with van der Waals surface area (Å²) in [5.41, 5.74) is 0.488. The average molecular weight is 518 g/mol. The lowest BCUT2D eigenvalue weighted by Crippen LogP contribution is -2.33. The van der Waals surface area contributed by atoms with Crippen LogP contribution in [0.15, 0.2) is 39.7 Å². The van der Waals surface area contributed by atoms with E-state index in [9.17, 15) is 22.8 Å². The zero-order valence-corrected chi connectivity index (χ0v) is 21.2. The molecule has 1 fully saturated rings. The van der Waals surface area contributed by atoms with Gasteiger partial charge < -0.3 is 4.74 Å². The number of nitrogens with zero attached hydrogens (tertiary/aromatic N) is 3. The highest BCUT2D eigenvalue weighted by molar-refractivity contribution is 7.91. The minimum absolute atomic E-state index is 0.0116. The lowest BCUT2D eigenvalue weighted by atomic mass is 9.83. The molecule has 1 unspecified atom stereocenters. The van der Waals surface area contributed by atoms with Crippen molar-refractivity contribution in [3.05, 3.63) is 51.6 Å². The van der Waals surface area contributed by atoms with Gasteiger partial charge in [0.15, 0.2) is 15.6 Å². The Morgan fingerprint density at radius 3 is 2.57 bits per heavy atom. The van der Waals surface area contributed by atoms with Gasteiger partial charge in [-0.25, -0.2) is 18.2 Å². The smallest absolute Gasteiger partial charge is 0.339 e. The minimum Gasteiger partial charge on any atom is -0.465 e. The van der Waals surface area contributed by atoms with Crippen LogP contribution >= 0.6 is 11.3 Å². The second kappa shape index (κ2) is 10.4. The number of esters is 1. The summed E-state index contributed by atoms with van der Waals surface area (Å²) >= 11 is 1.02. The molecule has 0 radical (unpaired) electrons. The first-order valence-corrected chi connectivity index (χ1v) is 14.2. The molecule has 3 aromatic heterocycles. The molecule has 4 rings (SSSR count). The number of thiophene rings is 1. The van der Waals surface area contributed by atoms with Gasteiger partial charge in [-0.1, -0.05) is 32.1 Å². The molecule has 0 N–H and O–H groups in total. The van der Waals surface area contributed by atoms with Gasteiger partial charge in [0.1, 0.15) is 15.1 Å². The summed E-state index contributed by atoms with van der Waals surface area (Å²) in [6.07, 6.45) is 9.59. The summed E-state index contributed by atoms with van der Waals surface area (Å²) in [5, 5.41) is 1.42. The van der Waals surface area contributed by atoms with Crippen LogP contribution in [0.4, 0.5) is 0 Å². The van der Waals surface area contributed by atoms with Crippen molar-refractivity contribution < 1.29 is 22.7 Å². The number of carbonyl (C=O) groups is 2. The zero-order chi connectivity index (χ0) is 25.2. The third-order valence-corrected chi connectivity index (χ3v) is 8.68. The predicted octanol–water partition coefficient (Wildman–Crippen LogP) is 3.37. The van der Waals surface area contributed by atoms with E-state index >= 15 is 0 Å². The van der Waals surface area contributed by atoms with Crippen LogP contribution in [-0.2, 0) is 25.8 Å². The second-order valence-electron chi connectivity index (χ2n) is 8.94. The molecule has 11 heteroatoms. The quantitative estimate of drug-likeness (QED) is 0.417. The number of sulfone groups is 1. The van der Waals surface area contributed by atoms with E-state index < -0.39 is 27.4 Å². The molecular formula is C24H27N3O6S2. The first kappa shape index (κ1) is 25.2. The van der Waals surface area contributed by atoms with Crippen LogP contribution in [0.5, 0.6) is 0 Å². The van der Waals surface area contributed by atoms with E-state index in [-0.39, 0.29) is 32.9 Å². The Kier molecular flexibility index (Phi) is 7.46. The standard InChI is InChI=1S/C24H27N3O6S2/c1-33-24(30)16-8-9-17(25-12-16)11-19(28)18(10-15-6-4-3-5-7-15)27-14-26-21-20(35(2,31)32)13-34-22(21)23(27)29/h8-9,12-15,18H,3-7,10-11H2,1-2H3. The van der Waals surface area contributed by atoms with Crippen LogP contribution in [0, 0.1) is 5.92 Å². The number of pyridine rings is 1. The molecule has 0 amide bonds. The monoisotopic (exact) mass is 517 g/mol. The molecule has 1 aliphatic rings. The van der Waals surface area contributed by atoms with Gasteiger partial charge in [0.05, 0.1) is 31.5 Å². The number of fused-ring (bicyclic) bond motifs is 1. The number of ketones is 1. The Bertz CT molecular complexity index is 1400. The Morgan fingerprint density at radius 2 is 1.94 bits per heavy atom. The van der Waals surface area contributed by atoms with Crippen molar-refractivity contribution in [2.24, 2.45) is 5.92 Å². The fourth-order valence-electron chi connectivity index (χ4n) is 4.59. The maximum absolute atomic E-state index is 13.5. The first-order chi connectivity index (χ1) is 16.7. The van der Waals surface area contributed by atoms with Crippen LogP contribution in [-0.4, -0.2) is 48.1 Å². The van der Waals surface area contributed by atoms with Gasteiger partial charge in [-0.15, -0.1) is 11.3 Å². The summed E-state index contributed by atoms with van der Waals surface area (Å²) in [4.78, 5) is 47.1. The molecule has 3 aromatic rings. The third kappa shape index (κ3) is 5.51. The number of Topliss-reactive ketones (excluding diaryl/α,β-unsaturated/α-hetero) is 1. The van der Waals surface area contributed by atoms with E-state index in [0.717, 1.165) is 43.3 Å². The van der Waals surface area contributed by atoms with Crippen molar-refractivity contribution in [2.75, 3.05) is 13.4 Å². The largest absolute Gasteiger partial charge is 0.465 e. The lowest BCUT2D eigenvalue weighted by Gasteiger charge is -2.27. The van der Waals surface area contributed by atoms with Gasteiger partial charge in [-0.2, -0.15) is 0 Å². The molecular weight excluding hydrogens is 490 g/mol. The van der Waals surface area contributed by atoms with Crippen molar-refractivity contribution >= 4 is 43.1 Å². The van der Waals surface area contributed by atoms with Gasteiger partial charge >= 0.3 is 5.97 Å². The van der Waals surface area contributed by atoms with Crippen molar-refractivity contribution in [3.8, 4) is 0 Å². The van der Waals surface area contributed by atoms with Gasteiger partial charge in [-0.3, -0.25) is 19.1 Å². The summed E-state index contributed by atoms with van der Waals surface area (Å²) in [5.74, 6) is -0.386. The Labute approximate surface area is 207 Å². The van der Waals surface area contributed by atoms with Gasteiger partial charge in [0.25, 0.3) is 5.56 Å². The van der Waals surface area contributed by atoms with E-state index in [1.54, 1.807) is 12.1 Å². The highest BCUT2D eigenvalue weighted by atomic mass is 32.2. The van der Waals surface area contributed by atoms with Crippen LogP contribution in [0.2, 0.25) is 0 Å². The maximum atomic E-state index is 13.5. The van der Waals surface area contributed by atoms with Crippen molar-refractivity contribution in [1.29, 1.82) is 0 Å². The summed E-state index contributed by atoms with van der Waals surface area (Å²) in [6.45, 7) is 0. The van der Waals surface area contributed by atoms with Gasteiger partial charge in [0.2, 0.25) is 0 Å². The number of aromatic nitrogens is 3. The Morgan fingerprint density at radius 1 is 1.20 bits per heavy atom. The number of rotatable bonds is 8. The highest BCUT2D eigenvalue weighted by Crippen LogP contribution is 2.32. The van der Waals surface area contributed by atoms with Gasteiger partial charge in [-0.05, 0) is 24.5 Å². The number of methoxy groups -OCH3 is 1. The normalized spacial score (nSPS) is 15.7. The minimum atomic E-state index is -3.54. The van der Waals surface area contributed by atoms with Crippen LogP contribution in [0.3, 0.4) is 0 Å². The van der Waals surface area contributed by atoms with E-state index in [1.807, 2.05) is 0 Å².